The molecule has 0 spiro atoms. The highest BCUT2D eigenvalue weighted by Gasteiger charge is 2.47. The summed E-state index contributed by atoms with van der Waals surface area (Å²) in [5, 5.41) is 21.4. The highest BCUT2D eigenvalue weighted by Crippen LogP contribution is 2.45. The van der Waals surface area contributed by atoms with Crippen molar-refractivity contribution in [3.63, 3.8) is 0 Å². The Morgan fingerprint density at radius 1 is 1.09 bits per heavy atom. The molecule has 0 saturated heterocycles. The number of para-hydroxylation sites is 1. The minimum atomic E-state index is -1.00. The number of aromatic nitrogens is 2. The van der Waals surface area contributed by atoms with Crippen LogP contribution >= 0.6 is 34.7 Å². The Morgan fingerprint density at radius 2 is 1.89 bits per heavy atom. The number of ketones is 1. The molecule has 9 nitrogen and oxygen atoms in total. The smallest absolute Gasteiger partial charge is 0.296 e. The number of ether oxygens (including phenoxy) is 2. The molecule has 46 heavy (non-hydrogen) atoms. The number of fused-ring (bicyclic) bond motifs is 1. The van der Waals surface area contributed by atoms with E-state index in [0.29, 0.717) is 49.8 Å². The van der Waals surface area contributed by atoms with Gasteiger partial charge in [0.2, 0.25) is 10.9 Å². The number of amides is 1. The quantitative estimate of drug-likeness (QED) is 0.0567. The van der Waals surface area contributed by atoms with E-state index < -0.39 is 23.5 Å². The summed E-state index contributed by atoms with van der Waals surface area (Å²) in [5.74, 6) is -0.438. The third kappa shape index (κ3) is 6.35. The zero-order valence-corrected chi connectivity index (χ0v) is 27.5. The number of unbranched alkanes of at least 4 members (excludes halogenated alkanes) is 2. The Balaban J connectivity index is 1.34. The lowest BCUT2D eigenvalue weighted by Gasteiger charge is -2.24. The number of anilines is 1. The maximum absolute atomic E-state index is 14.1. The number of thioether (sulfide) groups is 1. The van der Waals surface area contributed by atoms with Crippen LogP contribution in [0, 0.1) is 0 Å². The minimum Gasteiger partial charge on any atom is -0.503 e. The number of furan rings is 1. The Labute approximate surface area is 278 Å². The number of rotatable bonds is 13. The molecule has 0 aliphatic carbocycles. The van der Waals surface area contributed by atoms with Crippen LogP contribution in [0.3, 0.4) is 0 Å². The fourth-order valence-electron chi connectivity index (χ4n) is 5.19. The zero-order valence-electron chi connectivity index (χ0n) is 25.1. The topological polar surface area (TPSA) is 115 Å². The van der Waals surface area contributed by atoms with Crippen LogP contribution in [0.25, 0.3) is 11.0 Å². The van der Waals surface area contributed by atoms with Crippen molar-refractivity contribution in [3.05, 3.63) is 106 Å². The van der Waals surface area contributed by atoms with Crippen LogP contribution in [0.5, 0.6) is 11.5 Å². The average molecular weight is 676 g/mol. The molecule has 3 heterocycles. The third-order valence-corrected chi connectivity index (χ3v) is 10.0. The van der Waals surface area contributed by atoms with Crippen molar-refractivity contribution in [2.75, 3.05) is 18.6 Å². The Kier molecular flexibility index (Phi) is 9.62. The number of hydrogen-bond donors (Lipinski definition) is 1. The van der Waals surface area contributed by atoms with E-state index in [2.05, 4.69) is 17.1 Å². The number of Topliss-reactive ketones (excluding diaryl/α,β-unsaturated/α-hetero) is 1. The van der Waals surface area contributed by atoms with Crippen LogP contribution in [-0.4, -0.2) is 40.7 Å². The van der Waals surface area contributed by atoms with Gasteiger partial charge >= 0.3 is 0 Å². The van der Waals surface area contributed by atoms with Crippen LogP contribution in [0.4, 0.5) is 5.13 Å². The van der Waals surface area contributed by atoms with Crippen LogP contribution in [0.2, 0.25) is 5.02 Å². The lowest BCUT2D eigenvalue weighted by Crippen LogP contribution is -2.31. The van der Waals surface area contributed by atoms with Crippen molar-refractivity contribution in [1.82, 2.24) is 10.2 Å². The van der Waals surface area contributed by atoms with Gasteiger partial charge in [-0.15, -0.1) is 10.2 Å². The number of carbonyl (C=O) groups is 2. The normalized spacial score (nSPS) is 14.8. The number of benzene rings is 3. The molecule has 12 heteroatoms. The molecule has 5 aromatic rings. The molecule has 1 atom stereocenters. The van der Waals surface area contributed by atoms with E-state index in [1.807, 2.05) is 24.3 Å². The maximum atomic E-state index is 14.1. The van der Waals surface area contributed by atoms with Crippen molar-refractivity contribution < 1.29 is 28.6 Å². The van der Waals surface area contributed by atoms with Gasteiger partial charge in [-0.1, -0.05) is 96.9 Å². The molecule has 6 rings (SSSR count). The van der Waals surface area contributed by atoms with E-state index in [0.717, 1.165) is 24.8 Å². The molecule has 1 N–H and O–H groups in total. The summed E-state index contributed by atoms with van der Waals surface area (Å²) in [4.78, 5) is 29.1. The van der Waals surface area contributed by atoms with E-state index in [1.54, 1.807) is 48.5 Å². The Hall–Kier alpha value is -4.32. The van der Waals surface area contributed by atoms with E-state index in [-0.39, 0.29) is 16.5 Å². The van der Waals surface area contributed by atoms with Crippen molar-refractivity contribution in [2.45, 2.75) is 42.3 Å². The second-order valence-corrected chi connectivity index (χ2v) is 13.1. The van der Waals surface area contributed by atoms with Crippen LogP contribution in [-0.2, 0) is 10.5 Å². The van der Waals surface area contributed by atoms with E-state index in [1.165, 1.54) is 35.1 Å². The summed E-state index contributed by atoms with van der Waals surface area (Å²) in [6.07, 6.45) is 3.10. The average Bonchev–Trinajstić information content (AvgIpc) is 3.79. The number of aliphatic hydroxyl groups excluding tert-OH is 1. The first kappa shape index (κ1) is 31.7. The SMILES string of the molecule is CCCCCOc1ccc(C2C(C(=O)c3cc4cccc(OC)c4o3)=C(O)C(=O)N2c2nnc(SCc3ccccc3Cl)s2)cc1. The van der Waals surface area contributed by atoms with Gasteiger partial charge in [0.05, 0.1) is 25.3 Å². The van der Waals surface area contributed by atoms with E-state index >= 15 is 0 Å². The molecule has 3 aromatic carbocycles. The van der Waals surface area contributed by atoms with E-state index in [4.69, 9.17) is 25.5 Å². The van der Waals surface area contributed by atoms with Gasteiger partial charge in [-0.05, 0) is 47.9 Å². The molecule has 1 aliphatic heterocycles. The lowest BCUT2D eigenvalue weighted by molar-refractivity contribution is -0.117. The molecule has 0 bridgehead atoms. The fraction of sp³-hybridized carbons (Fsp3) is 0.235. The van der Waals surface area contributed by atoms with Crippen LogP contribution in [0.15, 0.2) is 92.9 Å². The summed E-state index contributed by atoms with van der Waals surface area (Å²) in [5.41, 5.74) is 1.78. The Morgan fingerprint density at radius 3 is 2.65 bits per heavy atom. The lowest BCUT2D eigenvalue weighted by atomic mass is 9.95. The maximum Gasteiger partial charge on any atom is 0.296 e. The molecule has 0 radical (unpaired) electrons. The van der Waals surface area contributed by atoms with Gasteiger partial charge < -0.3 is 19.0 Å². The zero-order chi connectivity index (χ0) is 32.2. The molecule has 2 aromatic heterocycles. The van der Waals surface area contributed by atoms with Gasteiger partial charge in [-0.25, -0.2) is 0 Å². The van der Waals surface area contributed by atoms with Gasteiger partial charge in [-0.2, -0.15) is 0 Å². The van der Waals surface area contributed by atoms with Crippen molar-refractivity contribution in [2.24, 2.45) is 0 Å². The minimum absolute atomic E-state index is 0.0372. The predicted molar refractivity (Wildman–Crippen MR) is 179 cm³/mol. The number of carbonyl (C=O) groups excluding carboxylic acids is 2. The van der Waals surface area contributed by atoms with Crippen LogP contribution < -0.4 is 14.4 Å². The van der Waals surface area contributed by atoms with E-state index in [9.17, 15) is 14.7 Å². The first-order valence-electron chi connectivity index (χ1n) is 14.7. The third-order valence-electron chi connectivity index (χ3n) is 7.53. The van der Waals surface area contributed by atoms with Gasteiger partial charge in [0.25, 0.3) is 5.91 Å². The summed E-state index contributed by atoms with van der Waals surface area (Å²) in [7, 11) is 1.51. The van der Waals surface area contributed by atoms with Crippen molar-refractivity contribution in [3.8, 4) is 11.5 Å². The molecule has 1 aliphatic rings. The largest absolute Gasteiger partial charge is 0.503 e. The van der Waals surface area contributed by atoms with Gasteiger partial charge in [-0.3, -0.25) is 14.5 Å². The highest BCUT2D eigenvalue weighted by atomic mass is 35.5. The molecule has 1 amide bonds. The summed E-state index contributed by atoms with van der Waals surface area (Å²) in [6, 6.07) is 20.5. The standard InChI is InChI=1S/C34H30ClN3O6S2/c1-3-4-7-17-43-23-15-13-20(14-16-23)28-27(29(39)26-18-21-10-8-12-25(42-2)31(21)44-26)30(40)32(41)38(28)33-36-37-34(46-33)45-19-22-9-5-6-11-24(22)35/h5-6,8-16,18,28,40H,3-4,7,17,19H2,1-2H3. The first-order chi connectivity index (χ1) is 22.4. The fourth-order valence-corrected chi connectivity index (χ4v) is 7.35. The second-order valence-electron chi connectivity index (χ2n) is 10.5. The predicted octanol–water partition coefficient (Wildman–Crippen LogP) is 8.59. The van der Waals surface area contributed by atoms with Crippen molar-refractivity contribution in [1.29, 1.82) is 0 Å². The molecule has 0 saturated carbocycles. The van der Waals surface area contributed by atoms with Gasteiger partial charge in [0, 0.05) is 16.2 Å². The number of hydrogen-bond acceptors (Lipinski definition) is 10. The summed E-state index contributed by atoms with van der Waals surface area (Å²) >= 11 is 8.94. The molecule has 236 valence electrons. The molecule has 1 unspecified atom stereocenters. The number of aliphatic hydroxyl groups is 1. The molecule has 0 fully saturated rings. The highest BCUT2D eigenvalue weighted by molar-refractivity contribution is 8.00. The summed E-state index contributed by atoms with van der Waals surface area (Å²) in [6.45, 7) is 2.71. The summed E-state index contributed by atoms with van der Waals surface area (Å²) < 4.78 is 17.8. The number of halogens is 1. The molecular formula is C34H30ClN3O6S2. The van der Waals surface area contributed by atoms with Gasteiger partial charge in [0.1, 0.15) is 5.75 Å². The number of nitrogens with zero attached hydrogens (tertiary/aromatic N) is 3. The number of methoxy groups -OCH3 is 1. The van der Waals surface area contributed by atoms with Crippen LogP contribution in [0.1, 0.15) is 53.9 Å². The first-order valence-corrected chi connectivity index (χ1v) is 16.9. The molecular weight excluding hydrogens is 646 g/mol. The van der Waals surface area contributed by atoms with Gasteiger partial charge in [0.15, 0.2) is 27.2 Å². The van der Waals surface area contributed by atoms with Crippen molar-refractivity contribution >= 4 is 62.5 Å². The second kappa shape index (κ2) is 14.0. The monoisotopic (exact) mass is 675 g/mol. The Bertz CT molecular complexity index is 1920.